The Hall–Kier alpha value is -2.40. The summed E-state index contributed by atoms with van der Waals surface area (Å²) in [6.45, 7) is 3.77. The number of benzene rings is 2. The zero-order chi connectivity index (χ0) is 31.2. The van der Waals surface area contributed by atoms with Crippen LogP contribution >= 0.6 is 72.8 Å². The molecule has 5 rings (SSSR count). The van der Waals surface area contributed by atoms with Gasteiger partial charge in [-0.05, 0) is 92.6 Å². The molecule has 0 N–H and O–H groups in total. The highest BCUT2D eigenvalue weighted by molar-refractivity contribution is 6.34. The van der Waals surface area contributed by atoms with Gasteiger partial charge in [0.25, 0.3) is 0 Å². The smallest absolute Gasteiger partial charge is 0.141 e. The van der Waals surface area contributed by atoms with Crippen molar-refractivity contribution in [3.63, 3.8) is 0 Å². The van der Waals surface area contributed by atoms with Gasteiger partial charge in [-0.3, -0.25) is 19.8 Å². The first-order chi connectivity index (χ1) is 21.3. The summed E-state index contributed by atoms with van der Waals surface area (Å²) in [6, 6.07) is 16.5. The highest BCUT2D eigenvalue weighted by atomic mass is 35.5. The number of halogens is 6. The molecule has 0 spiro atoms. The van der Waals surface area contributed by atoms with E-state index in [1.807, 2.05) is 36.7 Å². The average Bonchev–Trinajstić information content (AvgIpc) is 3.05. The zero-order valence-corrected chi connectivity index (χ0v) is 32.2. The van der Waals surface area contributed by atoms with E-state index in [9.17, 15) is 0 Å². The lowest BCUT2D eigenvalue weighted by Gasteiger charge is -2.37. The summed E-state index contributed by atoms with van der Waals surface area (Å²) in [4.78, 5) is 14.2. The minimum absolute atomic E-state index is 0. The lowest BCUT2D eigenvalue weighted by Crippen LogP contribution is -2.42. The van der Waals surface area contributed by atoms with E-state index >= 15 is 0 Å². The Morgan fingerprint density at radius 1 is 0.667 bits per heavy atom. The van der Waals surface area contributed by atoms with E-state index in [0.717, 1.165) is 61.5 Å². The van der Waals surface area contributed by atoms with Crippen molar-refractivity contribution in [2.45, 2.75) is 32.0 Å². The molecule has 8 nitrogen and oxygen atoms in total. The zero-order valence-electron chi connectivity index (χ0n) is 27.4. The van der Waals surface area contributed by atoms with Gasteiger partial charge < -0.3 is 18.9 Å². The van der Waals surface area contributed by atoms with Gasteiger partial charge in [-0.1, -0.05) is 23.2 Å². The molecule has 1 fully saturated rings. The van der Waals surface area contributed by atoms with Crippen molar-refractivity contribution in [1.29, 1.82) is 0 Å². The molecule has 1 saturated heterocycles. The number of methoxy groups -OCH3 is 4. The van der Waals surface area contributed by atoms with Gasteiger partial charge in [-0.25, -0.2) is 0 Å². The summed E-state index contributed by atoms with van der Waals surface area (Å²) in [7, 11) is 8.60. The van der Waals surface area contributed by atoms with Crippen LogP contribution in [-0.2, 0) is 13.1 Å². The summed E-state index contributed by atoms with van der Waals surface area (Å²) >= 11 is 12.7. The van der Waals surface area contributed by atoms with E-state index in [1.54, 1.807) is 28.4 Å². The molecule has 2 aromatic carbocycles. The Balaban J connectivity index is 0.00000288. The van der Waals surface area contributed by atoms with E-state index in [0.29, 0.717) is 39.1 Å². The summed E-state index contributed by atoms with van der Waals surface area (Å²) in [5.74, 6) is 2.25. The van der Waals surface area contributed by atoms with Gasteiger partial charge in [0.1, 0.15) is 33.0 Å². The predicted molar refractivity (Wildman–Crippen MR) is 204 cm³/mol. The van der Waals surface area contributed by atoms with E-state index in [-0.39, 0.29) is 49.6 Å². The number of pyridine rings is 2. The average molecular weight is 783 g/mol. The van der Waals surface area contributed by atoms with Crippen molar-refractivity contribution in [3.05, 3.63) is 82.1 Å². The molecule has 264 valence electrons. The molecule has 0 atom stereocenters. The van der Waals surface area contributed by atoms with Crippen LogP contribution < -0.4 is 18.9 Å². The molecule has 1 aliphatic rings. The molecule has 48 heavy (non-hydrogen) atoms. The van der Waals surface area contributed by atoms with Gasteiger partial charge in [0.15, 0.2) is 0 Å². The standard InChI is InChI=1S/C34H38Cl2N4O4.4ClH/c1-39(20-22-6-10-37-27(14-22)24-16-29(41-2)33(35)30(17-24)42-3)26-8-12-40(13-9-26)21-23-7-11-38-28(15-23)25-18-31(43-4)34(36)32(19-25)44-5;;;;/h6-7,10-11,14-19,26H,8-9,12-13,20-21H2,1-5H3;4*1H. The Kier molecular flexibility index (Phi) is 18.5. The van der Waals surface area contributed by atoms with Crippen LogP contribution in [0.25, 0.3) is 22.5 Å². The normalized spacial score (nSPS) is 12.9. The van der Waals surface area contributed by atoms with Crippen molar-refractivity contribution >= 4 is 72.8 Å². The van der Waals surface area contributed by atoms with Crippen LogP contribution in [0.5, 0.6) is 23.0 Å². The Labute approximate surface area is 318 Å². The number of hydrogen-bond acceptors (Lipinski definition) is 8. The third-order valence-corrected chi connectivity index (χ3v) is 8.90. The number of aromatic nitrogens is 2. The molecule has 0 radical (unpaired) electrons. The van der Waals surface area contributed by atoms with Gasteiger partial charge in [-0.2, -0.15) is 0 Å². The molecule has 4 aromatic rings. The molecule has 0 amide bonds. The molecule has 14 heteroatoms. The highest BCUT2D eigenvalue weighted by Gasteiger charge is 2.23. The monoisotopic (exact) mass is 780 g/mol. The van der Waals surface area contributed by atoms with Gasteiger partial charge in [0.05, 0.1) is 39.8 Å². The van der Waals surface area contributed by atoms with Gasteiger partial charge in [0.2, 0.25) is 0 Å². The number of piperidine rings is 1. The number of nitrogens with zero attached hydrogens (tertiary/aromatic N) is 4. The largest absolute Gasteiger partial charge is 0.495 e. The quantitative estimate of drug-likeness (QED) is 0.150. The molecule has 2 aromatic heterocycles. The Morgan fingerprint density at radius 3 is 1.48 bits per heavy atom. The molecular weight excluding hydrogens is 741 g/mol. The third kappa shape index (κ3) is 10.3. The number of ether oxygens (including phenoxy) is 4. The number of rotatable bonds is 11. The van der Waals surface area contributed by atoms with Crippen LogP contribution in [0.15, 0.2) is 60.9 Å². The van der Waals surface area contributed by atoms with Crippen LogP contribution in [0.1, 0.15) is 24.0 Å². The molecule has 0 unspecified atom stereocenters. The first-order valence-electron chi connectivity index (χ1n) is 14.5. The van der Waals surface area contributed by atoms with E-state index < -0.39 is 0 Å². The fraction of sp³-hybridized carbons (Fsp3) is 0.353. The summed E-state index contributed by atoms with van der Waals surface area (Å²) < 4.78 is 21.8. The lowest BCUT2D eigenvalue weighted by molar-refractivity contribution is 0.119. The minimum atomic E-state index is 0. The predicted octanol–water partition coefficient (Wildman–Crippen LogP) is 8.94. The summed E-state index contributed by atoms with van der Waals surface area (Å²) in [5.41, 5.74) is 5.93. The molecular formula is C34H42Cl6N4O4. The van der Waals surface area contributed by atoms with Crippen molar-refractivity contribution in [1.82, 2.24) is 19.8 Å². The second kappa shape index (κ2) is 20.3. The Morgan fingerprint density at radius 2 is 1.06 bits per heavy atom. The maximum atomic E-state index is 6.37. The van der Waals surface area contributed by atoms with Crippen molar-refractivity contribution in [2.75, 3.05) is 48.6 Å². The third-order valence-electron chi connectivity index (χ3n) is 8.15. The maximum absolute atomic E-state index is 6.37. The maximum Gasteiger partial charge on any atom is 0.141 e. The van der Waals surface area contributed by atoms with Crippen LogP contribution in [-0.4, -0.2) is 74.4 Å². The van der Waals surface area contributed by atoms with E-state index in [2.05, 4.69) is 51.1 Å². The molecule has 3 heterocycles. The number of likely N-dealkylation sites (tertiary alicyclic amines) is 1. The molecule has 1 aliphatic heterocycles. The van der Waals surface area contributed by atoms with Crippen LogP contribution in [0.3, 0.4) is 0 Å². The summed E-state index contributed by atoms with van der Waals surface area (Å²) in [6.07, 6.45) is 5.92. The molecule has 0 aliphatic carbocycles. The van der Waals surface area contributed by atoms with Gasteiger partial charge >= 0.3 is 0 Å². The lowest BCUT2D eigenvalue weighted by atomic mass is 10.0. The van der Waals surface area contributed by atoms with Crippen molar-refractivity contribution < 1.29 is 18.9 Å². The SMILES string of the molecule is COc1cc(-c2cc(CN3CCC(N(C)Cc4ccnc(-c5cc(OC)c(Cl)c(OC)c5)c4)CC3)ccn2)cc(OC)c1Cl.Cl.Cl.Cl.Cl. The second-order valence-electron chi connectivity index (χ2n) is 10.9. The number of hydrogen-bond donors (Lipinski definition) is 0. The van der Waals surface area contributed by atoms with Crippen LogP contribution in [0.4, 0.5) is 0 Å². The first-order valence-corrected chi connectivity index (χ1v) is 15.2. The van der Waals surface area contributed by atoms with Gasteiger partial charge in [-0.15, -0.1) is 49.6 Å². The van der Waals surface area contributed by atoms with Gasteiger partial charge in [0, 0.05) is 42.7 Å². The topological polar surface area (TPSA) is 69.2 Å². The van der Waals surface area contributed by atoms with Crippen LogP contribution in [0, 0.1) is 0 Å². The fourth-order valence-corrected chi connectivity index (χ4v) is 6.22. The summed E-state index contributed by atoms with van der Waals surface area (Å²) in [5, 5.41) is 0.906. The molecule has 0 saturated carbocycles. The highest BCUT2D eigenvalue weighted by Crippen LogP contribution is 2.39. The second-order valence-corrected chi connectivity index (χ2v) is 11.7. The van der Waals surface area contributed by atoms with E-state index in [4.69, 9.17) is 42.1 Å². The minimum Gasteiger partial charge on any atom is -0.495 e. The van der Waals surface area contributed by atoms with Crippen LogP contribution in [0.2, 0.25) is 10.0 Å². The fourth-order valence-electron chi connectivity index (χ4n) is 5.69. The first kappa shape index (κ1) is 43.6. The van der Waals surface area contributed by atoms with Crippen molar-refractivity contribution in [3.8, 4) is 45.5 Å². The Bertz CT molecular complexity index is 1560. The molecule has 0 bridgehead atoms. The van der Waals surface area contributed by atoms with E-state index in [1.165, 1.54) is 11.1 Å². The van der Waals surface area contributed by atoms with Crippen molar-refractivity contribution in [2.24, 2.45) is 0 Å².